The summed E-state index contributed by atoms with van der Waals surface area (Å²) in [4.78, 5) is 15.4. The lowest BCUT2D eigenvalue weighted by Crippen LogP contribution is -2.14. The van der Waals surface area contributed by atoms with Gasteiger partial charge >= 0.3 is 0 Å². The number of rotatable bonds is 3. The summed E-state index contributed by atoms with van der Waals surface area (Å²) in [6, 6.07) is 4.16. The summed E-state index contributed by atoms with van der Waals surface area (Å²) < 4.78 is 15.2. The number of hydrogen-bond acceptors (Lipinski definition) is 6. The Labute approximate surface area is 110 Å². The highest BCUT2D eigenvalue weighted by atomic mass is 19.1. The van der Waals surface area contributed by atoms with Crippen molar-refractivity contribution >= 4 is 11.6 Å². The monoisotopic (exact) mass is 274 g/mol. The lowest BCUT2D eigenvalue weighted by molar-refractivity contribution is 0.101. The first-order chi connectivity index (χ1) is 9.74. The first kappa shape index (κ1) is 11.9. The van der Waals surface area contributed by atoms with Crippen LogP contribution in [-0.2, 0) is 0 Å². The molecule has 0 spiro atoms. The number of aromatic amines is 1. The molecule has 2 heterocycles. The summed E-state index contributed by atoms with van der Waals surface area (Å²) >= 11 is 0. The van der Waals surface area contributed by atoms with E-state index in [1.165, 1.54) is 29.5 Å². The van der Waals surface area contributed by atoms with Gasteiger partial charge in [-0.3, -0.25) is 4.79 Å². The van der Waals surface area contributed by atoms with E-state index in [2.05, 4.69) is 36.0 Å². The Morgan fingerprint density at radius 1 is 1.40 bits per heavy atom. The third-order valence-electron chi connectivity index (χ3n) is 2.42. The Hall–Kier alpha value is -3.17. The molecule has 100 valence electrons. The fourth-order valence-corrected chi connectivity index (χ4v) is 1.55. The van der Waals surface area contributed by atoms with Crippen LogP contribution in [0.4, 0.5) is 10.1 Å². The average molecular weight is 274 g/mol. The number of anilines is 1. The van der Waals surface area contributed by atoms with Crippen molar-refractivity contribution in [2.45, 2.75) is 0 Å². The van der Waals surface area contributed by atoms with Gasteiger partial charge in [0.2, 0.25) is 0 Å². The van der Waals surface area contributed by atoms with Crippen molar-refractivity contribution in [2.24, 2.45) is 0 Å². The van der Waals surface area contributed by atoms with Crippen molar-refractivity contribution in [1.29, 1.82) is 0 Å². The third kappa shape index (κ3) is 2.21. The highest BCUT2D eigenvalue weighted by molar-refractivity contribution is 6.01. The molecule has 10 heteroatoms. The number of nitrogens with one attached hydrogen (secondary N) is 2. The maximum absolute atomic E-state index is 13.9. The third-order valence-corrected chi connectivity index (χ3v) is 2.42. The molecule has 2 N–H and O–H groups in total. The van der Waals surface area contributed by atoms with Crippen LogP contribution in [-0.4, -0.2) is 41.3 Å². The van der Waals surface area contributed by atoms with E-state index in [4.69, 9.17) is 0 Å². The molecule has 20 heavy (non-hydrogen) atoms. The smallest absolute Gasteiger partial charge is 0.297 e. The van der Waals surface area contributed by atoms with Crippen LogP contribution in [0.2, 0.25) is 0 Å². The van der Waals surface area contributed by atoms with E-state index in [-0.39, 0.29) is 17.2 Å². The highest BCUT2D eigenvalue weighted by Gasteiger charge is 2.12. The Morgan fingerprint density at radius 3 is 2.95 bits per heavy atom. The van der Waals surface area contributed by atoms with Gasteiger partial charge in [0, 0.05) is 5.69 Å². The minimum atomic E-state index is -0.591. The number of amides is 1. The number of nitrogens with zero attached hydrogens (tertiary/aromatic N) is 6. The van der Waals surface area contributed by atoms with Gasteiger partial charge in [0.25, 0.3) is 11.7 Å². The van der Waals surface area contributed by atoms with Crippen LogP contribution in [0.25, 0.3) is 5.69 Å². The van der Waals surface area contributed by atoms with Crippen molar-refractivity contribution in [2.75, 3.05) is 5.32 Å². The second-order valence-electron chi connectivity index (χ2n) is 3.70. The summed E-state index contributed by atoms with van der Waals surface area (Å²) in [5, 5.41) is 18.7. The molecule has 3 aromatic rings. The summed E-state index contributed by atoms with van der Waals surface area (Å²) in [7, 11) is 0. The second kappa shape index (κ2) is 4.84. The van der Waals surface area contributed by atoms with Crippen LogP contribution < -0.4 is 5.32 Å². The van der Waals surface area contributed by atoms with Crippen LogP contribution in [0.3, 0.4) is 0 Å². The Balaban J connectivity index is 1.82. The average Bonchev–Trinajstić information content (AvgIpc) is 3.12. The molecule has 0 unspecified atom stereocenters. The zero-order valence-electron chi connectivity index (χ0n) is 9.86. The summed E-state index contributed by atoms with van der Waals surface area (Å²) in [6.07, 6.45) is 2.67. The largest absolute Gasteiger partial charge is 0.319 e. The minimum absolute atomic E-state index is 0.134. The van der Waals surface area contributed by atoms with E-state index in [1.54, 1.807) is 0 Å². The van der Waals surface area contributed by atoms with Gasteiger partial charge in [0.1, 0.15) is 18.3 Å². The number of hydrogen-bond donors (Lipinski definition) is 2. The van der Waals surface area contributed by atoms with Gasteiger partial charge in [-0.05, 0) is 23.4 Å². The standard InChI is InChI=1S/C10H7FN8O/c11-7-3-6(14-10(20)9-15-17-18-16-9)1-2-8(7)19-5-12-4-13-19/h1-5H,(H,14,20)(H,15,16,17,18). The molecule has 0 aliphatic carbocycles. The maximum atomic E-state index is 13.9. The molecule has 0 aliphatic heterocycles. The van der Waals surface area contributed by atoms with Crippen molar-refractivity contribution in [3.8, 4) is 5.69 Å². The lowest BCUT2D eigenvalue weighted by atomic mass is 10.2. The Bertz CT molecular complexity index is 724. The van der Waals surface area contributed by atoms with Gasteiger partial charge in [0.15, 0.2) is 5.82 Å². The van der Waals surface area contributed by atoms with Crippen molar-refractivity contribution in [3.63, 3.8) is 0 Å². The SMILES string of the molecule is O=C(Nc1ccc(-n2cncn2)c(F)c1)c1nn[nH]n1. The van der Waals surface area contributed by atoms with E-state index in [1.807, 2.05) is 0 Å². The molecule has 2 aromatic heterocycles. The molecule has 3 rings (SSSR count). The number of tetrazole rings is 1. The predicted octanol–water partition coefficient (Wildman–Crippen LogP) is 0.172. The van der Waals surface area contributed by atoms with Crippen LogP contribution in [0.15, 0.2) is 30.9 Å². The number of benzene rings is 1. The molecule has 1 aromatic carbocycles. The zero-order valence-corrected chi connectivity index (χ0v) is 9.86. The van der Waals surface area contributed by atoms with E-state index < -0.39 is 11.7 Å². The first-order valence-corrected chi connectivity index (χ1v) is 5.43. The predicted molar refractivity (Wildman–Crippen MR) is 63.4 cm³/mol. The minimum Gasteiger partial charge on any atom is -0.319 e. The molecule has 1 amide bonds. The molecule has 0 saturated heterocycles. The summed E-state index contributed by atoms with van der Waals surface area (Å²) in [5.41, 5.74) is 0.487. The number of halogens is 1. The fraction of sp³-hybridized carbons (Fsp3) is 0. The topological polar surface area (TPSA) is 114 Å². The fourth-order valence-electron chi connectivity index (χ4n) is 1.55. The summed E-state index contributed by atoms with van der Waals surface area (Å²) in [5.74, 6) is -1.28. The van der Waals surface area contributed by atoms with Crippen LogP contribution in [0, 0.1) is 5.82 Å². The quantitative estimate of drug-likeness (QED) is 0.703. The molecule has 0 atom stereocenters. The van der Waals surface area contributed by atoms with Gasteiger partial charge in [-0.15, -0.1) is 10.2 Å². The van der Waals surface area contributed by atoms with Crippen LogP contribution in [0.1, 0.15) is 10.6 Å². The Kier molecular flexibility index (Phi) is 2.88. The number of aromatic nitrogens is 7. The van der Waals surface area contributed by atoms with E-state index in [9.17, 15) is 9.18 Å². The molecular formula is C10H7FN8O. The molecule has 9 nitrogen and oxygen atoms in total. The zero-order chi connectivity index (χ0) is 13.9. The molecule has 0 fully saturated rings. The number of H-pyrrole nitrogens is 1. The van der Waals surface area contributed by atoms with Crippen molar-refractivity contribution in [3.05, 3.63) is 42.5 Å². The maximum Gasteiger partial charge on any atom is 0.297 e. The molecule has 0 bridgehead atoms. The van der Waals surface area contributed by atoms with Crippen molar-refractivity contribution < 1.29 is 9.18 Å². The molecule has 0 saturated carbocycles. The van der Waals surface area contributed by atoms with Gasteiger partial charge in [0.05, 0.1) is 0 Å². The van der Waals surface area contributed by atoms with E-state index in [0.29, 0.717) is 0 Å². The normalized spacial score (nSPS) is 10.4. The molecule has 0 radical (unpaired) electrons. The van der Waals surface area contributed by atoms with Crippen LogP contribution in [0.5, 0.6) is 0 Å². The van der Waals surface area contributed by atoms with Crippen molar-refractivity contribution in [1.82, 2.24) is 35.4 Å². The number of carbonyl (C=O) groups excluding carboxylic acids is 1. The van der Waals surface area contributed by atoms with E-state index >= 15 is 0 Å². The van der Waals surface area contributed by atoms with Crippen LogP contribution >= 0.6 is 0 Å². The first-order valence-electron chi connectivity index (χ1n) is 5.43. The Morgan fingerprint density at radius 2 is 2.30 bits per heavy atom. The number of carbonyl (C=O) groups is 1. The van der Waals surface area contributed by atoms with Gasteiger partial charge in [-0.25, -0.2) is 14.1 Å². The molecular weight excluding hydrogens is 267 g/mol. The van der Waals surface area contributed by atoms with Gasteiger partial charge in [-0.1, -0.05) is 0 Å². The van der Waals surface area contributed by atoms with Gasteiger partial charge in [-0.2, -0.15) is 10.3 Å². The van der Waals surface area contributed by atoms with Gasteiger partial charge < -0.3 is 5.32 Å². The summed E-state index contributed by atoms with van der Waals surface area (Å²) in [6.45, 7) is 0. The lowest BCUT2D eigenvalue weighted by Gasteiger charge is -2.06. The molecule has 0 aliphatic rings. The second-order valence-corrected chi connectivity index (χ2v) is 3.70. The van der Waals surface area contributed by atoms with E-state index in [0.717, 1.165) is 6.07 Å². The highest BCUT2D eigenvalue weighted by Crippen LogP contribution is 2.17.